The van der Waals surface area contributed by atoms with Gasteiger partial charge in [0.05, 0.1) is 24.8 Å². The van der Waals surface area contributed by atoms with Crippen LogP contribution in [0.25, 0.3) is 0 Å². The molecule has 2 atom stereocenters. The first kappa shape index (κ1) is 14.5. The summed E-state index contributed by atoms with van der Waals surface area (Å²) in [5, 5.41) is 12.9. The van der Waals surface area contributed by atoms with Crippen molar-refractivity contribution in [2.75, 3.05) is 7.11 Å². The number of fused-ring (bicyclic) bond motifs is 1. The minimum Gasteiger partial charge on any atom is -0.496 e. The van der Waals surface area contributed by atoms with Gasteiger partial charge in [-0.2, -0.15) is 0 Å². The lowest BCUT2D eigenvalue weighted by Crippen LogP contribution is -2.34. The summed E-state index contributed by atoms with van der Waals surface area (Å²) in [6.45, 7) is 0. The van der Waals surface area contributed by atoms with E-state index >= 15 is 0 Å². The molecule has 0 bridgehead atoms. The predicted octanol–water partition coefficient (Wildman–Crippen LogP) is 2.22. The number of rotatable bonds is 3. The van der Waals surface area contributed by atoms with Gasteiger partial charge in [-0.15, -0.1) is 0 Å². The second kappa shape index (κ2) is 5.77. The van der Waals surface area contributed by atoms with E-state index in [-0.39, 0.29) is 5.56 Å². The number of aliphatic hydroxyl groups is 1. The molecule has 1 aliphatic rings. The van der Waals surface area contributed by atoms with E-state index in [0.717, 1.165) is 17.2 Å². The molecular formula is C17H16FNO3. The second-order valence-electron chi connectivity index (χ2n) is 5.27. The van der Waals surface area contributed by atoms with E-state index in [4.69, 9.17) is 4.74 Å². The summed E-state index contributed by atoms with van der Waals surface area (Å²) in [5.74, 6) is -0.699. The monoisotopic (exact) mass is 301 g/mol. The number of ether oxygens (including phenoxy) is 1. The largest absolute Gasteiger partial charge is 0.496 e. The minimum atomic E-state index is -0.694. The molecule has 114 valence electrons. The quantitative estimate of drug-likeness (QED) is 0.914. The van der Waals surface area contributed by atoms with Crippen LogP contribution in [-0.2, 0) is 6.42 Å². The van der Waals surface area contributed by atoms with Crippen molar-refractivity contribution in [2.24, 2.45) is 0 Å². The SMILES string of the molecule is COc1ccc(F)cc1C(=O)N[C@H]1c2ccccc2C[C@H]1O. The van der Waals surface area contributed by atoms with Crippen molar-refractivity contribution in [3.63, 3.8) is 0 Å². The van der Waals surface area contributed by atoms with E-state index < -0.39 is 23.9 Å². The van der Waals surface area contributed by atoms with Crippen molar-refractivity contribution in [1.82, 2.24) is 5.32 Å². The Hall–Kier alpha value is -2.40. The van der Waals surface area contributed by atoms with Gasteiger partial charge in [0.25, 0.3) is 5.91 Å². The average molecular weight is 301 g/mol. The molecule has 0 aliphatic heterocycles. The molecule has 0 radical (unpaired) electrons. The summed E-state index contributed by atoms with van der Waals surface area (Å²) in [5.41, 5.74) is 2.00. The van der Waals surface area contributed by atoms with Crippen LogP contribution in [0.15, 0.2) is 42.5 Å². The molecular weight excluding hydrogens is 285 g/mol. The van der Waals surface area contributed by atoms with Gasteiger partial charge in [-0.05, 0) is 29.3 Å². The van der Waals surface area contributed by atoms with E-state index in [2.05, 4.69) is 5.32 Å². The molecule has 4 nitrogen and oxygen atoms in total. The Balaban J connectivity index is 1.88. The van der Waals surface area contributed by atoms with Crippen LogP contribution in [0.1, 0.15) is 27.5 Å². The molecule has 0 unspecified atom stereocenters. The molecule has 0 fully saturated rings. The highest BCUT2D eigenvalue weighted by atomic mass is 19.1. The highest BCUT2D eigenvalue weighted by Gasteiger charge is 2.32. The van der Waals surface area contributed by atoms with Crippen molar-refractivity contribution in [1.29, 1.82) is 0 Å². The van der Waals surface area contributed by atoms with Gasteiger partial charge in [-0.25, -0.2) is 4.39 Å². The lowest BCUT2D eigenvalue weighted by Gasteiger charge is -2.19. The van der Waals surface area contributed by atoms with E-state index in [1.165, 1.54) is 19.2 Å². The first-order valence-corrected chi connectivity index (χ1v) is 7.00. The molecule has 0 saturated carbocycles. The third-order valence-electron chi connectivity index (χ3n) is 3.90. The van der Waals surface area contributed by atoms with Gasteiger partial charge in [0, 0.05) is 6.42 Å². The third kappa shape index (κ3) is 2.55. The van der Waals surface area contributed by atoms with Crippen molar-refractivity contribution >= 4 is 5.91 Å². The van der Waals surface area contributed by atoms with E-state index in [0.29, 0.717) is 12.2 Å². The number of amides is 1. The molecule has 0 heterocycles. The summed E-state index contributed by atoms with van der Waals surface area (Å²) >= 11 is 0. The van der Waals surface area contributed by atoms with Gasteiger partial charge in [0.1, 0.15) is 11.6 Å². The molecule has 2 aromatic rings. The number of halogens is 1. The highest BCUT2D eigenvalue weighted by molar-refractivity contribution is 5.97. The molecule has 22 heavy (non-hydrogen) atoms. The molecule has 5 heteroatoms. The summed E-state index contributed by atoms with van der Waals surface area (Å²) in [6, 6.07) is 10.8. The topological polar surface area (TPSA) is 58.6 Å². The van der Waals surface area contributed by atoms with Gasteiger partial charge < -0.3 is 15.2 Å². The first-order chi connectivity index (χ1) is 10.6. The minimum absolute atomic E-state index is 0.110. The van der Waals surface area contributed by atoms with Crippen molar-refractivity contribution in [2.45, 2.75) is 18.6 Å². The molecule has 0 saturated heterocycles. The van der Waals surface area contributed by atoms with Gasteiger partial charge in [-0.3, -0.25) is 4.79 Å². The first-order valence-electron chi connectivity index (χ1n) is 7.00. The van der Waals surface area contributed by atoms with Crippen LogP contribution in [0.3, 0.4) is 0 Å². The van der Waals surface area contributed by atoms with Gasteiger partial charge in [0.2, 0.25) is 0 Å². The van der Waals surface area contributed by atoms with E-state index in [9.17, 15) is 14.3 Å². The standard InChI is InChI=1S/C17H16FNO3/c1-22-15-7-6-11(18)9-13(15)17(21)19-16-12-5-3-2-4-10(12)8-14(16)20/h2-7,9,14,16,20H,8H2,1H3,(H,19,21)/t14-,16+/m1/s1. The Morgan fingerprint density at radius 1 is 1.32 bits per heavy atom. The highest BCUT2D eigenvalue weighted by Crippen LogP contribution is 2.32. The summed E-state index contributed by atoms with van der Waals surface area (Å²) in [7, 11) is 1.42. The van der Waals surface area contributed by atoms with Crippen LogP contribution in [-0.4, -0.2) is 24.2 Å². The molecule has 1 aliphatic carbocycles. The number of hydrogen-bond acceptors (Lipinski definition) is 3. The lowest BCUT2D eigenvalue weighted by atomic mass is 10.1. The second-order valence-corrected chi connectivity index (χ2v) is 5.27. The molecule has 0 spiro atoms. The molecule has 2 aromatic carbocycles. The summed E-state index contributed by atoms with van der Waals surface area (Å²) in [4.78, 5) is 12.4. The zero-order valence-corrected chi connectivity index (χ0v) is 12.0. The summed E-state index contributed by atoms with van der Waals surface area (Å²) in [6.07, 6.45) is -0.206. The average Bonchev–Trinajstić information content (AvgIpc) is 2.83. The van der Waals surface area contributed by atoms with Crippen LogP contribution in [0.2, 0.25) is 0 Å². The van der Waals surface area contributed by atoms with E-state index in [1.54, 1.807) is 0 Å². The number of nitrogens with one attached hydrogen (secondary N) is 1. The number of methoxy groups -OCH3 is 1. The normalized spacial score (nSPS) is 19.6. The fraction of sp³-hybridized carbons (Fsp3) is 0.235. The maximum Gasteiger partial charge on any atom is 0.255 e. The summed E-state index contributed by atoms with van der Waals surface area (Å²) < 4.78 is 18.5. The third-order valence-corrected chi connectivity index (χ3v) is 3.90. The number of carbonyl (C=O) groups is 1. The lowest BCUT2D eigenvalue weighted by molar-refractivity contribution is 0.0855. The Labute approximate surface area is 127 Å². The molecule has 3 rings (SSSR count). The fourth-order valence-electron chi connectivity index (χ4n) is 2.82. The van der Waals surface area contributed by atoms with Crippen LogP contribution in [0.5, 0.6) is 5.75 Å². The van der Waals surface area contributed by atoms with Gasteiger partial charge in [-0.1, -0.05) is 24.3 Å². The number of aliphatic hydroxyl groups excluding tert-OH is 1. The fourth-order valence-corrected chi connectivity index (χ4v) is 2.82. The number of hydrogen-bond donors (Lipinski definition) is 2. The predicted molar refractivity (Wildman–Crippen MR) is 79.3 cm³/mol. The van der Waals surface area contributed by atoms with Crippen molar-refractivity contribution in [3.05, 3.63) is 65.0 Å². The Morgan fingerprint density at radius 2 is 2.09 bits per heavy atom. The molecule has 2 N–H and O–H groups in total. The van der Waals surface area contributed by atoms with Crippen LogP contribution < -0.4 is 10.1 Å². The zero-order chi connectivity index (χ0) is 15.7. The Kier molecular flexibility index (Phi) is 3.81. The van der Waals surface area contributed by atoms with Gasteiger partial charge in [0.15, 0.2) is 0 Å². The zero-order valence-electron chi connectivity index (χ0n) is 12.0. The molecule has 1 amide bonds. The van der Waals surface area contributed by atoms with Gasteiger partial charge >= 0.3 is 0 Å². The van der Waals surface area contributed by atoms with Crippen molar-refractivity contribution < 1.29 is 19.0 Å². The number of benzene rings is 2. The maximum absolute atomic E-state index is 13.4. The number of carbonyl (C=O) groups excluding carboxylic acids is 1. The van der Waals surface area contributed by atoms with E-state index in [1.807, 2.05) is 24.3 Å². The smallest absolute Gasteiger partial charge is 0.255 e. The Morgan fingerprint density at radius 3 is 2.86 bits per heavy atom. The van der Waals surface area contributed by atoms with Crippen molar-refractivity contribution in [3.8, 4) is 5.75 Å². The molecule has 0 aromatic heterocycles. The van der Waals surface area contributed by atoms with Crippen LogP contribution in [0.4, 0.5) is 4.39 Å². The maximum atomic E-state index is 13.4. The van der Waals surface area contributed by atoms with Crippen LogP contribution in [0, 0.1) is 5.82 Å². The Bertz CT molecular complexity index is 717. The van der Waals surface area contributed by atoms with Crippen LogP contribution >= 0.6 is 0 Å².